The minimum absolute atomic E-state index is 0.139. The standard InChI is InChI=1S/C23H18N8/c1-14-16(11-24)5-3-7-18(14)19-10-20(28-23(25)27-19)21-13-31(30-29-21)12-17-6-2-4-15-8-9-26-22(15)17/h2-10,13,26H,12H2,1H3,(H2,25,27,28). The summed E-state index contributed by atoms with van der Waals surface area (Å²) >= 11 is 0. The van der Waals surface area contributed by atoms with E-state index >= 15 is 0 Å². The zero-order valence-corrected chi connectivity index (χ0v) is 16.7. The van der Waals surface area contributed by atoms with Gasteiger partial charge in [0, 0.05) is 11.8 Å². The summed E-state index contributed by atoms with van der Waals surface area (Å²) in [7, 11) is 0. The topological polar surface area (TPSA) is 122 Å². The van der Waals surface area contributed by atoms with Gasteiger partial charge in [-0.05, 0) is 41.6 Å². The van der Waals surface area contributed by atoms with Gasteiger partial charge in [-0.1, -0.05) is 35.5 Å². The number of para-hydroxylation sites is 1. The van der Waals surface area contributed by atoms with Crippen molar-refractivity contribution in [1.82, 2.24) is 29.9 Å². The number of nitriles is 1. The first-order valence-corrected chi connectivity index (χ1v) is 9.72. The predicted molar refractivity (Wildman–Crippen MR) is 118 cm³/mol. The Morgan fingerprint density at radius 2 is 1.90 bits per heavy atom. The highest BCUT2D eigenvalue weighted by Crippen LogP contribution is 2.27. The van der Waals surface area contributed by atoms with E-state index in [9.17, 15) is 5.26 Å². The van der Waals surface area contributed by atoms with Gasteiger partial charge < -0.3 is 10.7 Å². The molecule has 3 aromatic heterocycles. The average Bonchev–Trinajstić information content (AvgIpc) is 3.43. The summed E-state index contributed by atoms with van der Waals surface area (Å²) in [6.45, 7) is 2.46. The number of hydrogen-bond acceptors (Lipinski definition) is 6. The van der Waals surface area contributed by atoms with Crippen LogP contribution in [0.1, 0.15) is 16.7 Å². The number of fused-ring (bicyclic) bond motifs is 1. The Morgan fingerprint density at radius 3 is 2.77 bits per heavy atom. The summed E-state index contributed by atoms with van der Waals surface area (Å²) in [4.78, 5) is 12.0. The van der Waals surface area contributed by atoms with E-state index in [1.807, 2.05) is 49.6 Å². The van der Waals surface area contributed by atoms with Crippen molar-refractivity contribution in [2.24, 2.45) is 0 Å². The van der Waals surface area contributed by atoms with Crippen molar-refractivity contribution in [2.75, 3.05) is 5.73 Å². The summed E-state index contributed by atoms with van der Waals surface area (Å²) in [5, 5.41) is 19.0. The van der Waals surface area contributed by atoms with E-state index in [1.165, 1.54) is 0 Å². The maximum Gasteiger partial charge on any atom is 0.221 e. The molecule has 0 amide bonds. The number of nitrogens with two attached hydrogens (primary N) is 1. The smallest absolute Gasteiger partial charge is 0.221 e. The summed E-state index contributed by atoms with van der Waals surface area (Å²) < 4.78 is 1.77. The normalized spacial score (nSPS) is 11.0. The number of anilines is 1. The maximum absolute atomic E-state index is 9.32. The van der Waals surface area contributed by atoms with Crippen molar-refractivity contribution in [3.63, 3.8) is 0 Å². The highest BCUT2D eigenvalue weighted by molar-refractivity contribution is 5.82. The zero-order chi connectivity index (χ0) is 21.4. The number of nitrogen functional groups attached to an aromatic ring is 1. The number of benzene rings is 2. The number of H-pyrrole nitrogens is 1. The Kier molecular flexibility index (Phi) is 4.41. The number of nitrogens with zero attached hydrogens (tertiary/aromatic N) is 6. The number of aromatic amines is 1. The van der Waals surface area contributed by atoms with Crippen molar-refractivity contribution < 1.29 is 0 Å². The number of rotatable bonds is 4. The predicted octanol–water partition coefficient (Wildman–Crippen LogP) is 3.69. The van der Waals surface area contributed by atoms with Crippen LogP contribution in [-0.2, 0) is 6.54 Å². The molecular weight excluding hydrogens is 388 g/mol. The summed E-state index contributed by atoms with van der Waals surface area (Å²) in [6, 6.07) is 17.7. The van der Waals surface area contributed by atoms with E-state index in [0.717, 1.165) is 27.6 Å². The van der Waals surface area contributed by atoms with E-state index in [-0.39, 0.29) is 5.95 Å². The lowest BCUT2D eigenvalue weighted by Gasteiger charge is -2.08. The molecule has 0 aliphatic carbocycles. The van der Waals surface area contributed by atoms with Crippen LogP contribution in [0.25, 0.3) is 33.5 Å². The molecule has 3 heterocycles. The third-order valence-corrected chi connectivity index (χ3v) is 5.28. The van der Waals surface area contributed by atoms with Crippen molar-refractivity contribution in [3.05, 3.63) is 77.6 Å². The Bertz CT molecular complexity index is 1450. The Hall–Kier alpha value is -4.51. The molecule has 0 radical (unpaired) electrons. The first kappa shape index (κ1) is 18.5. The molecule has 8 nitrogen and oxygen atoms in total. The number of hydrogen-bond donors (Lipinski definition) is 2. The highest BCUT2D eigenvalue weighted by Gasteiger charge is 2.14. The van der Waals surface area contributed by atoms with E-state index < -0.39 is 0 Å². The molecule has 0 saturated carbocycles. The monoisotopic (exact) mass is 406 g/mol. The van der Waals surface area contributed by atoms with Crippen LogP contribution in [-0.4, -0.2) is 29.9 Å². The van der Waals surface area contributed by atoms with Gasteiger partial charge in [0.05, 0.1) is 41.3 Å². The fourth-order valence-electron chi connectivity index (χ4n) is 3.72. The van der Waals surface area contributed by atoms with Gasteiger partial charge in [-0.2, -0.15) is 5.26 Å². The first-order valence-electron chi connectivity index (χ1n) is 9.72. The van der Waals surface area contributed by atoms with Crippen LogP contribution in [0.2, 0.25) is 0 Å². The zero-order valence-electron chi connectivity index (χ0n) is 16.7. The molecule has 2 aromatic carbocycles. The minimum Gasteiger partial charge on any atom is -0.368 e. The van der Waals surface area contributed by atoms with Gasteiger partial charge >= 0.3 is 0 Å². The highest BCUT2D eigenvalue weighted by atomic mass is 15.4. The lowest BCUT2D eigenvalue weighted by molar-refractivity contribution is 0.652. The second-order valence-corrected chi connectivity index (χ2v) is 7.25. The molecular formula is C23H18N8. The largest absolute Gasteiger partial charge is 0.368 e. The molecule has 0 bridgehead atoms. The SMILES string of the molecule is Cc1c(C#N)cccc1-c1cc(-c2cn(Cc3cccc4cc[nH]c34)nn2)nc(N)n1. The van der Waals surface area contributed by atoms with Crippen molar-refractivity contribution in [1.29, 1.82) is 5.26 Å². The third-order valence-electron chi connectivity index (χ3n) is 5.28. The molecule has 31 heavy (non-hydrogen) atoms. The Labute approximate surface area is 178 Å². The van der Waals surface area contributed by atoms with Crippen LogP contribution in [0.15, 0.2) is 60.9 Å². The molecule has 0 unspecified atom stereocenters. The molecule has 0 aliphatic rings. The van der Waals surface area contributed by atoms with Crippen molar-refractivity contribution in [3.8, 4) is 28.7 Å². The summed E-state index contributed by atoms with van der Waals surface area (Å²) in [5.41, 5.74) is 12.3. The Morgan fingerprint density at radius 1 is 1.06 bits per heavy atom. The van der Waals surface area contributed by atoms with Crippen molar-refractivity contribution >= 4 is 16.9 Å². The van der Waals surface area contributed by atoms with Crippen LogP contribution in [0.3, 0.4) is 0 Å². The minimum atomic E-state index is 0.139. The molecule has 0 atom stereocenters. The molecule has 0 fully saturated rings. The summed E-state index contributed by atoms with van der Waals surface area (Å²) in [6.07, 6.45) is 3.77. The molecule has 5 aromatic rings. The van der Waals surface area contributed by atoms with Crippen LogP contribution in [0.5, 0.6) is 0 Å². The fourth-order valence-corrected chi connectivity index (χ4v) is 3.72. The van der Waals surface area contributed by atoms with Crippen LogP contribution in [0, 0.1) is 18.3 Å². The van der Waals surface area contributed by atoms with Gasteiger partial charge in [0.2, 0.25) is 5.95 Å². The van der Waals surface area contributed by atoms with E-state index in [1.54, 1.807) is 10.7 Å². The van der Waals surface area contributed by atoms with E-state index in [4.69, 9.17) is 5.73 Å². The molecule has 8 heteroatoms. The quantitative estimate of drug-likeness (QED) is 0.469. The van der Waals surface area contributed by atoms with Crippen LogP contribution in [0.4, 0.5) is 5.95 Å². The maximum atomic E-state index is 9.32. The van der Waals surface area contributed by atoms with Gasteiger partial charge in [-0.25, -0.2) is 14.6 Å². The van der Waals surface area contributed by atoms with Gasteiger partial charge in [-0.3, -0.25) is 0 Å². The van der Waals surface area contributed by atoms with Crippen LogP contribution < -0.4 is 5.73 Å². The molecule has 5 rings (SSSR count). The second-order valence-electron chi connectivity index (χ2n) is 7.25. The van der Waals surface area contributed by atoms with E-state index in [2.05, 4.69) is 43.5 Å². The number of aromatic nitrogens is 6. The van der Waals surface area contributed by atoms with Crippen LogP contribution >= 0.6 is 0 Å². The average molecular weight is 406 g/mol. The van der Waals surface area contributed by atoms with Gasteiger partial charge in [0.15, 0.2) is 0 Å². The lowest BCUT2D eigenvalue weighted by Crippen LogP contribution is -2.01. The molecule has 0 saturated heterocycles. The lowest BCUT2D eigenvalue weighted by atomic mass is 10.00. The van der Waals surface area contributed by atoms with Gasteiger partial charge in [0.1, 0.15) is 5.69 Å². The van der Waals surface area contributed by atoms with Gasteiger partial charge in [0.25, 0.3) is 0 Å². The molecule has 0 spiro atoms. The fraction of sp³-hybridized carbons (Fsp3) is 0.0870. The van der Waals surface area contributed by atoms with Gasteiger partial charge in [-0.15, -0.1) is 5.10 Å². The second kappa shape index (κ2) is 7.39. The Balaban J connectivity index is 1.50. The molecule has 150 valence electrons. The third kappa shape index (κ3) is 3.38. The van der Waals surface area contributed by atoms with E-state index in [0.29, 0.717) is 29.2 Å². The van der Waals surface area contributed by atoms with Crippen molar-refractivity contribution in [2.45, 2.75) is 13.5 Å². The first-order chi connectivity index (χ1) is 15.1. The molecule has 0 aliphatic heterocycles. The summed E-state index contributed by atoms with van der Waals surface area (Å²) in [5.74, 6) is 0.139. The molecule has 3 N–H and O–H groups in total. The number of nitrogens with one attached hydrogen (secondary N) is 1.